The van der Waals surface area contributed by atoms with E-state index < -0.39 is 5.03 Å². The van der Waals surface area contributed by atoms with E-state index in [9.17, 15) is 10.1 Å². The lowest BCUT2D eigenvalue weighted by Gasteiger charge is -1.87. The monoisotopic (exact) mass is 106 g/mol. The minimum atomic E-state index is -0.698. The van der Waals surface area contributed by atoms with E-state index in [1.54, 1.807) is 5.43 Å². The van der Waals surface area contributed by atoms with Gasteiger partial charge in [-0.1, -0.05) is 0 Å². The molecule has 0 saturated heterocycles. The van der Waals surface area contributed by atoms with Crippen molar-refractivity contribution in [1.82, 2.24) is 5.43 Å². The highest BCUT2D eigenvalue weighted by Gasteiger charge is 1.86. The number of aliphatic hydroxyl groups is 1. The number of aliphatic hydroxyl groups excluding tert-OH is 1. The first-order chi connectivity index (χ1) is 3.27. The molecular formula is C2H6N2O3. The second-order valence-corrected chi connectivity index (χ2v) is 0.889. The van der Waals surface area contributed by atoms with E-state index in [4.69, 9.17) is 5.11 Å². The van der Waals surface area contributed by atoms with Crippen LogP contribution in [0.25, 0.3) is 0 Å². The van der Waals surface area contributed by atoms with Crippen molar-refractivity contribution in [2.75, 3.05) is 13.2 Å². The van der Waals surface area contributed by atoms with Crippen molar-refractivity contribution in [3.05, 3.63) is 10.1 Å². The molecule has 0 amide bonds. The largest absolute Gasteiger partial charge is 0.394 e. The fourth-order valence-corrected chi connectivity index (χ4v) is 0.141. The molecule has 0 saturated carbocycles. The molecular weight excluding hydrogens is 100 g/mol. The summed E-state index contributed by atoms with van der Waals surface area (Å²) in [6, 6.07) is 0. The standard InChI is InChI=1S/C2H6N2O3/c5-2-1-3-4(6)7/h3,5H,1-2H2. The topological polar surface area (TPSA) is 75.4 Å². The maximum absolute atomic E-state index is 9.34. The second kappa shape index (κ2) is 3.35. The lowest BCUT2D eigenvalue weighted by Crippen LogP contribution is -2.24. The highest BCUT2D eigenvalue weighted by molar-refractivity contribution is 4.23. The van der Waals surface area contributed by atoms with Crippen LogP contribution in [0, 0.1) is 10.1 Å². The summed E-state index contributed by atoms with van der Waals surface area (Å²) >= 11 is 0. The van der Waals surface area contributed by atoms with Crippen LogP contribution < -0.4 is 5.43 Å². The first-order valence-electron chi connectivity index (χ1n) is 1.76. The van der Waals surface area contributed by atoms with Crippen LogP contribution in [0.3, 0.4) is 0 Å². The molecule has 42 valence electrons. The molecule has 0 aromatic carbocycles. The first kappa shape index (κ1) is 6.16. The number of nitrogens with one attached hydrogen (secondary N) is 1. The fraction of sp³-hybridized carbons (Fsp3) is 1.00. The summed E-state index contributed by atoms with van der Waals surface area (Å²) in [6.07, 6.45) is 0. The Hall–Kier alpha value is -0.840. The average Bonchev–Trinajstić information content (AvgIpc) is 1.61. The van der Waals surface area contributed by atoms with Crippen molar-refractivity contribution in [2.24, 2.45) is 0 Å². The molecule has 2 N–H and O–H groups in total. The van der Waals surface area contributed by atoms with Gasteiger partial charge in [0.2, 0.25) is 0 Å². The predicted molar refractivity (Wildman–Crippen MR) is 22.1 cm³/mol. The minimum Gasteiger partial charge on any atom is -0.394 e. The van der Waals surface area contributed by atoms with Crippen molar-refractivity contribution in [2.45, 2.75) is 0 Å². The van der Waals surface area contributed by atoms with Crippen LogP contribution >= 0.6 is 0 Å². The molecule has 0 spiro atoms. The van der Waals surface area contributed by atoms with Gasteiger partial charge in [0.15, 0.2) is 5.03 Å². The molecule has 0 atom stereocenters. The van der Waals surface area contributed by atoms with Crippen LogP contribution in [0.15, 0.2) is 0 Å². The van der Waals surface area contributed by atoms with Crippen molar-refractivity contribution >= 4 is 0 Å². The van der Waals surface area contributed by atoms with Crippen LogP contribution in [0.4, 0.5) is 0 Å². The van der Waals surface area contributed by atoms with E-state index in [2.05, 4.69) is 0 Å². The molecule has 0 aliphatic heterocycles. The number of nitro groups is 1. The Bertz CT molecular complexity index is 64.0. The van der Waals surface area contributed by atoms with Crippen molar-refractivity contribution in [3.8, 4) is 0 Å². The number of hydrazine groups is 1. The van der Waals surface area contributed by atoms with E-state index in [-0.39, 0.29) is 13.2 Å². The number of hydrogen-bond donors (Lipinski definition) is 2. The normalized spacial score (nSPS) is 8.14. The molecule has 0 aliphatic carbocycles. The molecule has 0 aromatic heterocycles. The highest BCUT2D eigenvalue weighted by Crippen LogP contribution is 1.54. The third kappa shape index (κ3) is 5.16. The van der Waals surface area contributed by atoms with Gasteiger partial charge in [-0.05, 0) is 0 Å². The third-order valence-electron chi connectivity index (χ3n) is 0.353. The van der Waals surface area contributed by atoms with Gasteiger partial charge >= 0.3 is 0 Å². The van der Waals surface area contributed by atoms with E-state index in [1.807, 2.05) is 0 Å². The summed E-state index contributed by atoms with van der Waals surface area (Å²) in [5.74, 6) is 0. The summed E-state index contributed by atoms with van der Waals surface area (Å²) < 4.78 is 0. The molecule has 0 aliphatic rings. The molecule has 0 bridgehead atoms. The summed E-state index contributed by atoms with van der Waals surface area (Å²) in [5.41, 5.74) is 1.77. The maximum Gasteiger partial charge on any atom is 0.157 e. The number of hydrogen-bond acceptors (Lipinski definition) is 3. The van der Waals surface area contributed by atoms with Crippen LogP contribution in [0.5, 0.6) is 0 Å². The Kier molecular flexibility index (Phi) is 2.95. The van der Waals surface area contributed by atoms with Crippen LogP contribution in [0.2, 0.25) is 0 Å². The highest BCUT2D eigenvalue weighted by atomic mass is 16.7. The summed E-state index contributed by atoms with van der Waals surface area (Å²) in [7, 11) is 0. The van der Waals surface area contributed by atoms with E-state index in [1.165, 1.54) is 0 Å². The van der Waals surface area contributed by atoms with Crippen molar-refractivity contribution < 1.29 is 10.1 Å². The lowest BCUT2D eigenvalue weighted by atomic mass is 10.7. The van der Waals surface area contributed by atoms with Crippen molar-refractivity contribution in [1.29, 1.82) is 0 Å². The number of nitrogens with zero attached hydrogens (tertiary/aromatic N) is 1. The Morgan fingerprint density at radius 2 is 2.43 bits per heavy atom. The van der Waals surface area contributed by atoms with Gasteiger partial charge in [-0.15, -0.1) is 5.43 Å². The Morgan fingerprint density at radius 3 is 2.57 bits per heavy atom. The van der Waals surface area contributed by atoms with Gasteiger partial charge in [0.05, 0.1) is 13.2 Å². The van der Waals surface area contributed by atoms with Gasteiger partial charge in [0, 0.05) is 0 Å². The first-order valence-corrected chi connectivity index (χ1v) is 1.76. The van der Waals surface area contributed by atoms with Gasteiger partial charge in [0.1, 0.15) is 0 Å². The number of rotatable bonds is 3. The molecule has 0 fully saturated rings. The van der Waals surface area contributed by atoms with E-state index >= 15 is 0 Å². The van der Waals surface area contributed by atoms with Gasteiger partial charge in [-0.25, -0.2) is 10.1 Å². The van der Waals surface area contributed by atoms with Crippen molar-refractivity contribution in [3.63, 3.8) is 0 Å². The molecule has 0 rings (SSSR count). The SMILES string of the molecule is O=[N+]([O-])NCCO. The quantitative estimate of drug-likeness (QED) is 0.348. The van der Waals surface area contributed by atoms with Crippen LogP contribution in [-0.2, 0) is 0 Å². The molecule has 0 unspecified atom stereocenters. The van der Waals surface area contributed by atoms with Crippen LogP contribution in [-0.4, -0.2) is 23.3 Å². The van der Waals surface area contributed by atoms with Gasteiger partial charge in [-0.3, -0.25) is 0 Å². The molecule has 0 radical (unpaired) electrons. The zero-order valence-electron chi connectivity index (χ0n) is 3.63. The Morgan fingerprint density at radius 1 is 1.86 bits per heavy atom. The van der Waals surface area contributed by atoms with Crippen LogP contribution in [0.1, 0.15) is 0 Å². The summed E-state index contributed by atoms with van der Waals surface area (Å²) in [6.45, 7) is -0.200. The third-order valence-corrected chi connectivity index (χ3v) is 0.353. The summed E-state index contributed by atoms with van der Waals surface area (Å²) in [4.78, 5) is 9.34. The zero-order chi connectivity index (χ0) is 5.70. The predicted octanol–water partition coefficient (Wildman–Crippen LogP) is -1.24. The second-order valence-electron chi connectivity index (χ2n) is 0.889. The average molecular weight is 106 g/mol. The Balaban J connectivity index is 2.82. The maximum atomic E-state index is 9.34. The van der Waals surface area contributed by atoms with E-state index in [0.29, 0.717) is 0 Å². The van der Waals surface area contributed by atoms with Gasteiger partial charge < -0.3 is 5.11 Å². The Labute approximate surface area is 40.1 Å². The molecule has 0 aromatic rings. The smallest absolute Gasteiger partial charge is 0.157 e. The molecule has 5 heteroatoms. The van der Waals surface area contributed by atoms with Gasteiger partial charge in [0.25, 0.3) is 0 Å². The van der Waals surface area contributed by atoms with E-state index in [0.717, 1.165) is 0 Å². The fourth-order valence-electron chi connectivity index (χ4n) is 0.141. The minimum absolute atomic E-state index is 0.00694. The molecule has 5 nitrogen and oxygen atoms in total. The summed E-state index contributed by atoms with van der Waals surface area (Å²) in [5, 5.41) is 16.6. The lowest BCUT2D eigenvalue weighted by molar-refractivity contribution is -0.544. The van der Waals surface area contributed by atoms with Gasteiger partial charge in [-0.2, -0.15) is 0 Å². The molecule has 7 heavy (non-hydrogen) atoms. The molecule has 0 heterocycles. The zero-order valence-corrected chi connectivity index (χ0v) is 3.63.